The van der Waals surface area contributed by atoms with E-state index in [1.165, 1.54) is 0 Å². The van der Waals surface area contributed by atoms with Crippen molar-refractivity contribution in [1.82, 2.24) is 20.2 Å². The Morgan fingerprint density at radius 2 is 2.04 bits per heavy atom. The number of nitrogens with zero attached hydrogens (tertiary/aromatic N) is 3. The summed E-state index contributed by atoms with van der Waals surface area (Å²) in [7, 11) is 1.61. The average Bonchev–Trinajstić information content (AvgIpc) is 3.10. The van der Waals surface area contributed by atoms with Crippen LogP contribution in [0.4, 0.5) is 9.18 Å². The van der Waals surface area contributed by atoms with E-state index in [1.807, 2.05) is 24.3 Å². The summed E-state index contributed by atoms with van der Waals surface area (Å²) in [4.78, 5) is 21.4. The van der Waals surface area contributed by atoms with Crippen molar-refractivity contribution < 1.29 is 18.7 Å². The second-order valence-corrected chi connectivity index (χ2v) is 5.67. The minimum atomic E-state index is -0.515. The van der Waals surface area contributed by atoms with Gasteiger partial charge in [0.05, 0.1) is 26.0 Å². The Kier molecular flexibility index (Phi) is 5.27. The Bertz CT molecular complexity index is 709. The monoisotopic (exact) mass is 346 g/mol. The van der Waals surface area contributed by atoms with Gasteiger partial charge in [-0.1, -0.05) is 12.1 Å². The highest BCUT2D eigenvalue weighted by atomic mass is 19.1. The molecule has 1 N–H and O–H groups in total. The van der Waals surface area contributed by atoms with Crippen molar-refractivity contribution in [3.05, 3.63) is 48.0 Å². The molecule has 0 unspecified atom stereocenters. The molecule has 7 nitrogen and oxygen atoms in total. The quantitative estimate of drug-likeness (QED) is 0.896. The average molecular weight is 346 g/mol. The summed E-state index contributed by atoms with van der Waals surface area (Å²) < 4.78 is 23.5. The van der Waals surface area contributed by atoms with Gasteiger partial charge in [0.1, 0.15) is 11.9 Å². The van der Waals surface area contributed by atoms with Crippen molar-refractivity contribution in [2.24, 2.45) is 0 Å². The maximum atomic E-state index is 12.8. The molecule has 2 amide bonds. The number of carbonyl (C=O) groups excluding carboxylic acids is 1. The third-order valence-electron chi connectivity index (χ3n) is 3.90. The molecule has 1 aliphatic rings. The molecule has 2 aromatic rings. The second-order valence-electron chi connectivity index (χ2n) is 5.67. The molecule has 2 heterocycles. The zero-order valence-corrected chi connectivity index (χ0v) is 13.8. The van der Waals surface area contributed by atoms with E-state index >= 15 is 0 Å². The molecule has 1 fully saturated rings. The van der Waals surface area contributed by atoms with Crippen LogP contribution in [0.15, 0.2) is 36.7 Å². The van der Waals surface area contributed by atoms with Gasteiger partial charge in [0.25, 0.3) is 0 Å². The van der Waals surface area contributed by atoms with Gasteiger partial charge in [-0.2, -0.15) is 0 Å². The molecule has 132 valence electrons. The number of nitrogens with one attached hydrogen (secondary N) is 1. The van der Waals surface area contributed by atoms with Gasteiger partial charge >= 0.3 is 12.0 Å². The van der Waals surface area contributed by atoms with Crippen LogP contribution in [-0.4, -0.2) is 47.2 Å². The van der Waals surface area contributed by atoms with Gasteiger partial charge in [0.2, 0.25) is 0 Å². The first-order chi connectivity index (χ1) is 12.1. The normalized spacial score (nSPS) is 16.6. The van der Waals surface area contributed by atoms with Crippen LogP contribution in [0, 0.1) is 5.82 Å². The predicted octanol–water partition coefficient (Wildman–Crippen LogP) is 1.99. The minimum Gasteiger partial charge on any atom is -0.497 e. The number of amides is 2. The smallest absolute Gasteiger partial charge is 0.317 e. The van der Waals surface area contributed by atoms with Crippen molar-refractivity contribution in [2.45, 2.75) is 19.1 Å². The fourth-order valence-electron chi connectivity index (χ4n) is 2.55. The predicted molar refractivity (Wildman–Crippen MR) is 87.8 cm³/mol. The number of likely N-dealkylation sites (tertiary alicyclic amines) is 1. The van der Waals surface area contributed by atoms with Crippen LogP contribution in [0.1, 0.15) is 12.0 Å². The van der Waals surface area contributed by atoms with E-state index in [4.69, 9.17) is 9.47 Å². The zero-order valence-electron chi connectivity index (χ0n) is 13.8. The van der Waals surface area contributed by atoms with Gasteiger partial charge in [-0.3, -0.25) is 0 Å². The molecular formula is C17H19FN4O3. The van der Waals surface area contributed by atoms with Gasteiger partial charge in [0, 0.05) is 19.5 Å². The molecule has 0 aliphatic carbocycles. The second kappa shape index (κ2) is 7.78. The molecule has 0 radical (unpaired) electrons. The number of benzene rings is 1. The van der Waals surface area contributed by atoms with Crippen molar-refractivity contribution in [3.8, 4) is 11.8 Å². The van der Waals surface area contributed by atoms with E-state index in [-0.39, 0.29) is 18.1 Å². The van der Waals surface area contributed by atoms with Gasteiger partial charge in [-0.25, -0.2) is 19.2 Å². The van der Waals surface area contributed by atoms with Crippen LogP contribution >= 0.6 is 0 Å². The number of hydrogen-bond acceptors (Lipinski definition) is 5. The number of aromatic nitrogens is 2. The standard InChI is InChI=1S/C17H19FN4O3/c1-24-14-4-2-12(3-5-14)8-21-17(23)22-7-6-15(11-22)25-16-19-9-13(18)10-20-16/h2-5,9-10,15H,6-8,11H2,1H3,(H,21,23)/t15-/m1/s1. The number of hydrogen-bond donors (Lipinski definition) is 1. The van der Waals surface area contributed by atoms with E-state index in [0.717, 1.165) is 23.7 Å². The maximum Gasteiger partial charge on any atom is 0.317 e. The van der Waals surface area contributed by atoms with Crippen LogP contribution in [0.5, 0.6) is 11.8 Å². The minimum absolute atomic E-state index is 0.117. The number of ether oxygens (including phenoxy) is 2. The van der Waals surface area contributed by atoms with Crippen LogP contribution in [0.25, 0.3) is 0 Å². The van der Waals surface area contributed by atoms with Crippen molar-refractivity contribution in [2.75, 3.05) is 20.2 Å². The lowest BCUT2D eigenvalue weighted by Crippen LogP contribution is -2.39. The first-order valence-corrected chi connectivity index (χ1v) is 7.94. The van der Waals surface area contributed by atoms with Crippen LogP contribution in [-0.2, 0) is 6.54 Å². The number of methoxy groups -OCH3 is 1. The summed E-state index contributed by atoms with van der Waals surface area (Å²) >= 11 is 0. The molecule has 8 heteroatoms. The first-order valence-electron chi connectivity index (χ1n) is 7.94. The molecule has 1 aromatic carbocycles. The van der Waals surface area contributed by atoms with E-state index < -0.39 is 5.82 Å². The molecular weight excluding hydrogens is 327 g/mol. The SMILES string of the molecule is COc1ccc(CNC(=O)N2CC[C@@H](Oc3ncc(F)cn3)C2)cc1. The number of carbonyl (C=O) groups is 1. The van der Waals surface area contributed by atoms with E-state index in [0.29, 0.717) is 26.1 Å². The summed E-state index contributed by atoms with van der Waals surface area (Å²) in [6, 6.07) is 7.48. The van der Waals surface area contributed by atoms with Crippen LogP contribution in [0.2, 0.25) is 0 Å². The van der Waals surface area contributed by atoms with E-state index in [2.05, 4.69) is 15.3 Å². The summed E-state index contributed by atoms with van der Waals surface area (Å²) in [6.07, 6.45) is 2.58. The summed E-state index contributed by atoms with van der Waals surface area (Å²) in [5.74, 6) is 0.260. The number of urea groups is 1. The van der Waals surface area contributed by atoms with Gasteiger partial charge < -0.3 is 19.7 Å². The highest BCUT2D eigenvalue weighted by Gasteiger charge is 2.28. The van der Waals surface area contributed by atoms with Gasteiger partial charge in [-0.05, 0) is 17.7 Å². The van der Waals surface area contributed by atoms with Crippen molar-refractivity contribution in [1.29, 1.82) is 0 Å². The highest BCUT2D eigenvalue weighted by molar-refractivity contribution is 5.74. The molecule has 25 heavy (non-hydrogen) atoms. The third kappa shape index (κ3) is 4.56. The molecule has 0 saturated carbocycles. The first kappa shape index (κ1) is 16.9. The Morgan fingerprint density at radius 3 is 2.72 bits per heavy atom. The molecule has 3 rings (SSSR count). The van der Waals surface area contributed by atoms with Crippen molar-refractivity contribution in [3.63, 3.8) is 0 Å². The van der Waals surface area contributed by atoms with Crippen LogP contribution in [0.3, 0.4) is 0 Å². The maximum absolute atomic E-state index is 12.8. The lowest BCUT2D eigenvalue weighted by molar-refractivity contribution is 0.177. The zero-order chi connectivity index (χ0) is 17.6. The van der Waals surface area contributed by atoms with Gasteiger partial charge in [0.15, 0.2) is 5.82 Å². The van der Waals surface area contributed by atoms with E-state index in [1.54, 1.807) is 12.0 Å². The number of rotatable bonds is 5. The Hall–Kier alpha value is -2.90. The van der Waals surface area contributed by atoms with Gasteiger partial charge in [-0.15, -0.1) is 0 Å². The molecule has 0 spiro atoms. The Labute approximate surface area is 144 Å². The largest absolute Gasteiger partial charge is 0.497 e. The summed E-state index contributed by atoms with van der Waals surface area (Å²) in [5, 5.41) is 2.88. The molecule has 1 aliphatic heterocycles. The topological polar surface area (TPSA) is 76.6 Å². The molecule has 1 atom stereocenters. The molecule has 0 bridgehead atoms. The lowest BCUT2D eigenvalue weighted by atomic mass is 10.2. The summed E-state index contributed by atoms with van der Waals surface area (Å²) in [6.45, 7) is 1.46. The highest BCUT2D eigenvalue weighted by Crippen LogP contribution is 2.15. The lowest BCUT2D eigenvalue weighted by Gasteiger charge is -2.17. The van der Waals surface area contributed by atoms with Crippen molar-refractivity contribution >= 4 is 6.03 Å². The Balaban J connectivity index is 1.46. The Morgan fingerprint density at radius 1 is 1.32 bits per heavy atom. The van der Waals surface area contributed by atoms with E-state index in [9.17, 15) is 9.18 Å². The number of halogens is 1. The fourth-order valence-corrected chi connectivity index (χ4v) is 2.55. The molecule has 1 saturated heterocycles. The summed E-state index contributed by atoms with van der Waals surface area (Å²) in [5.41, 5.74) is 0.987. The third-order valence-corrected chi connectivity index (χ3v) is 3.90. The fraction of sp³-hybridized carbons (Fsp3) is 0.353. The molecule has 1 aromatic heterocycles. The van der Waals surface area contributed by atoms with Crippen LogP contribution < -0.4 is 14.8 Å².